The molecule has 8 aromatic carbocycles. The van der Waals surface area contributed by atoms with E-state index in [9.17, 15) is 0 Å². The fraction of sp³-hybridized carbons (Fsp3) is 0.459. The van der Waals surface area contributed by atoms with Gasteiger partial charge in [-0.2, -0.15) is 0 Å². The van der Waals surface area contributed by atoms with Gasteiger partial charge < -0.3 is 0 Å². The highest BCUT2D eigenvalue weighted by Gasteiger charge is 2.00. The molecule has 0 aromatic heterocycles. The number of fused-ring (bicyclic) bond motifs is 1. The zero-order valence-corrected chi connectivity index (χ0v) is 63.4. The summed E-state index contributed by atoms with van der Waals surface area (Å²) in [4.78, 5) is 0. The summed E-state index contributed by atoms with van der Waals surface area (Å²) < 4.78 is 0. The standard InChI is InChI=1S/C14H16.C10H14.3C8H10.2C6H6.3C3H8.8C2H6/c1-9-5-13-7-11(3)12(4)8-14(13)6-10(9)2;1-7-5-9(3)10(4)6-8(7)2;3*1-7-5-3-4-6-8(7)2;2*1-2-4-6-5-3-1;3*1-3-2;8*1-2/h5-8H,1-4H3;5-6H,1-4H3;3*3-6H,1-2H3;2*1-6H;3*3H2,1-2H3;8*1-2H3. The zero-order valence-electron chi connectivity index (χ0n) is 63.4. The van der Waals surface area contributed by atoms with Gasteiger partial charge in [-0.1, -0.05) is 354 Å². The highest BCUT2D eigenvalue weighted by atomic mass is 14.1. The second kappa shape index (κ2) is 82.2. The summed E-state index contributed by atoms with van der Waals surface area (Å²) in [6, 6.07) is 62.7. The van der Waals surface area contributed by atoms with E-state index in [1.807, 2.05) is 184 Å². The molecular weight excluding hydrogens is 1020 g/mol. The van der Waals surface area contributed by atoms with Gasteiger partial charge in [-0.25, -0.2) is 0 Å². The van der Waals surface area contributed by atoms with Crippen molar-refractivity contribution in [1.29, 1.82) is 0 Å². The molecule has 0 fully saturated rings. The maximum atomic E-state index is 2.27. The number of aryl methyl sites for hydroxylation is 14. The third-order valence-corrected chi connectivity index (χ3v) is 10.8. The molecule has 0 heterocycles. The molecule has 0 spiro atoms. The van der Waals surface area contributed by atoms with Crippen LogP contribution < -0.4 is 0 Å². The molecule has 0 heteroatoms. The monoisotopic (exact) mass is 1170 g/mol. The topological polar surface area (TPSA) is 0 Å². The Balaban J connectivity index is -0.0000000917. The molecule has 0 bridgehead atoms. The summed E-state index contributed by atoms with van der Waals surface area (Å²) >= 11 is 0. The Morgan fingerprint density at radius 3 is 0.341 bits per heavy atom. The second-order valence-corrected chi connectivity index (χ2v) is 17.9. The number of hydrogen-bond acceptors (Lipinski definition) is 0. The summed E-state index contributed by atoms with van der Waals surface area (Å²) in [7, 11) is 0. The minimum atomic E-state index is 1.25. The summed E-state index contributed by atoms with van der Waals surface area (Å²) in [5, 5.41) is 2.72. The van der Waals surface area contributed by atoms with Crippen LogP contribution >= 0.6 is 0 Å². The minimum Gasteiger partial charge on any atom is -0.0683 e. The van der Waals surface area contributed by atoms with Gasteiger partial charge in [0.1, 0.15) is 0 Å². The molecule has 0 amide bonds. The Hall–Kier alpha value is -5.98. The van der Waals surface area contributed by atoms with E-state index in [1.54, 1.807) is 0 Å². The van der Waals surface area contributed by atoms with Crippen molar-refractivity contribution < 1.29 is 0 Å². The third-order valence-electron chi connectivity index (χ3n) is 10.8. The number of rotatable bonds is 0. The lowest BCUT2D eigenvalue weighted by molar-refractivity contribution is 1.09. The Morgan fingerprint density at radius 1 is 0.153 bits per heavy atom. The van der Waals surface area contributed by atoms with E-state index < -0.39 is 0 Å². The molecule has 0 radical (unpaired) electrons. The van der Waals surface area contributed by atoms with Crippen molar-refractivity contribution in [1.82, 2.24) is 0 Å². The Bertz CT molecular complexity index is 2060. The predicted octanol–water partition coefficient (Wildman–Crippen LogP) is 29.7. The van der Waals surface area contributed by atoms with Crippen LogP contribution in [0.5, 0.6) is 0 Å². The van der Waals surface area contributed by atoms with Crippen molar-refractivity contribution in [3.8, 4) is 0 Å². The molecule has 8 rings (SSSR count). The van der Waals surface area contributed by atoms with E-state index in [4.69, 9.17) is 0 Å². The lowest BCUT2D eigenvalue weighted by atomic mass is 9.98. The van der Waals surface area contributed by atoms with Gasteiger partial charge in [0.2, 0.25) is 0 Å². The van der Waals surface area contributed by atoms with Gasteiger partial charge >= 0.3 is 0 Å². The van der Waals surface area contributed by atoms with Crippen LogP contribution in [0, 0.1) is 96.9 Å². The van der Waals surface area contributed by atoms with E-state index in [1.165, 1.54) is 108 Å². The van der Waals surface area contributed by atoms with Gasteiger partial charge in [-0.3, -0.25) is 0 Å². The van der Waals surface area contributed by atoms with Crippen molar-refractivity contribution in [2.24, 2.45) is 0 Å². The van der Waals surface area contributed by atoms with Crippen LogP contribution in [-0.4, -0.2) is 0 Å². The number of hydrogen-bond donors (Lipinski definition) is 0. The maximum absolute atomic E-state index is 2.27. The summed E-state index contributed by atoms with van der Waals surface area (Å²) in [6.45, 7) is 74.8. The minimum absolute atomic E-state index is 1.25. The smallest absolute Gasteiger partial charge is 0.0178 e. The largest absolute Gasteiger partial charge is 0.0683 e. The van der Waals surface area contributed by atoms with E-state index in [0.717, 1.165) is 0 Å². The van der Waals surface area contributed by atoms with Crippen molar-refractivity contribution in [2.75, 3.05) is 0 Å². The molecule has 0 aliphatic rings. The van der Waals surface area contributed by atoms with Gasteiger partial charge in [-0.05, 0) is 186 Å². The molecule has 8 aromatic rings. The quantitative estimate of drug-likeness (QED) is 0.142. The molecule has 0 N–H and O–H groups in total. The predicted molar refractivity (Wildman–Crippen MR) is 408 cm³/mol. The second-order valence-electron chi connectivity index (χ2n) is 17.9. The Kier molecular flexibility index (Phi) is 97.7. The van der Waals surface area contributed by atoms with Crippen LogP contribution in [0.3, 0.4) is 0 Å². The molecule has 85 heavy (non-hydrogen) atoms. The molecule has 0 aliphatic heterocycles. The molecule has 0 saturated heterocycles. The van der Waals surface area contributed by atoms with E-state index in [2.05, 4.69) is 248 Å². The van der Waals surface area contributed by atoms with Gasteiger partial charge in [0.05, 0.1) is 0 Å². The van der Waals surface area contributed by atoms with Crippen molar-refractivity contribution in [3.05, 3.63) is 260 Å². The molecule has 0 unspecified atom stereocenters. The molecule has 0 aliphatic carbocycles. The normalized spacial score (nSPS) is 7.91. The fourth-order valence-corrected chi connectivity index (χ4v) is 5.67. The van der Waals surface area contributed by atoms with Gasteiger partial charge in [0.25, 0.3) is 0 Å². The van der Waals surface area contributed by atoms with Gasteiger partial charge in [0.15, 0.2) is 0 Å². The van der Waals surface area contributed by atoms with Crippen LogP contribution in [0.15, 0.2) is 182 Å². The average Bonchev–Trinajstić information content (AvgIpc) is 3.74. The average molecular weight is 1170 g/mol. The van der Waals surface area contributed by atoms with Crippen LogP contribution in [0.4, 0.5) is 0 Å². The summed E-state index contributed by atoms with van der Waals surface area (Å²) in [5.74, 6) is 0. The van der Waals surface area contributed by atoms with Crippen LogP contribution in [0.1, 0.15) is 249 Å². The molecule has 0 saturated carbocycles. The first kappa shape index (κ1) is 101. The molecule has 0 atom stereocenters. The number of benzene rings is 8. The van der Waals surface area contributed by atoms with E-state index >= 15 is 0 Å². The molecule has 484 valence electrons. The van der Waals surface area contributed by atoms with Crippen LogP contribution in [-0.2, 0) is 0 Å². The molecular formula is C85H144. The summed E-state index contributed by atoms with van der Waals surface area (Å²) in [5.41, 5.74) is 19.3. The zero-order chi connectivity index (χ0) is 68.6. The molecule has 0 nitrogen and oxygen atoms in total. The van der Waals surface area contributed by atoms with E-state index in [-0.39, 0.29) is 0 Å². The third kappa shape index (κ3) is 65.4. The van der Waals surface area contributed by atoms with Crippen molar-refractivity contribution >= 4 is 10.8 Å². The summed E-state index contributed by atoms with van der Waals surface area (Å²) in [6.07, 6.45) is 3.75. The first-order chi connectivity index (χ1) is 40.8. The Labute approximate surface area is 536 Å². The van der Waals surface area contributed by atoms with Gasteiger partial charge in [-0.15, -0.1) is 0 Å². The van der Waals surface area contributed by atoms with Crippen LogP contribution in [0.2, 0.25) is 0 Å². The first-order valence-electron chi connectivity index (χ1n) is 33.4. The van der Waals surface area contributed by atoms with Crippen molar-refractivity contribution in [2.45, 2.75) is 269 Å². The van der Waals surface area contributed by atoms with E-state index in [0.29, 0.717) is 0 Å². The maximum Gasteiger partial charge on any atom is -0.0178 e. The lowest BCUT2D eigenvalue weighted by Gasteiger charge is -2.07. The van der Waals surface area contributed by atoms with Crippen molar-refractivity contribution in [3.63, 3.8) is 0 Å². The fourth-order valence-electron chi connectivity index (χ4n) is 5.67. The highest BCUT2D eigenvalue weighted by molar-refractivity contribution is 5.85. The lowest BCUT2D eigenvalue weighted by Crippen LogP contribution is -1.86. The highest BCUT2D eigenvalue weighted by Crippen LogP contribution is 2.23. The Morgan fingerprint density at radius 2 is 0.247 bits per heavy atom. The van der Waals surface area contributed by atoms with Gasteiger partial charge in [0, 0.05) is 0 Å². The SMILES string of the molecule is CC.CC.CC.CC.CC.CC.CC.CC.CCC.CCC.CCC.Cc1cc(C)c(C)cc1C.Cc1cc2cc(C)c(C)cc2cc1C.Cc1ccccc1C.Cc1ccccc1C.Cc1ccccc1C.c1ccccc1.c1ccccc1. The van der Waals surface area contributed by atoms with Crippen LogP contribution in [0.25, 0.3) is 10.8 Å². The first-order valence-corrected chi connectivity index (χ1v) is 33.4.